The first kappa shape index (κ1) is 10.5. The number of nitrogens with zero attached hydrogens (tertiary/aromatic N) is 1. The quantitative estimate of drug-likeness (QED) is 0.689. The summed E-state index contributed by atoms with van der Waals surface area (Å²) < 4.78 is 0. The third-order valence-electron chi connectivity index (χ3n) is 1.19. The highest BCUT2D eigenvalue weighted by atomic mass is 79.9. The summed E-state index contributed by atoms with van der Waals surface area (Å²) in [6.07, 6.45) is 0. The molecule has 0 aliphatic carbocycles. The van der Waals surface area contributed by atoms with Gasteiger partial charge in [-0.1, -0.05) is 0 Å². The number of aliphatic hydroxyl groups excluding tert-OH is 1. The van der Waals surface area contributed by atoms with E-state index in [1.165, 1.54) is 4.90 Å². The van der Waals surface area contributed by atoms with Gasteiger partial charge in [-0.3, -0.25) is 4.79 Å². The lowest BCUT2D eigenvalue weighted by molar-refractivity contribution is -0.125. The van der Waals surface area contributed by atoms with Crippen LogP contribution >= 0.6 is 15.9 Å². The van der Waals surface area contributed by atoms with Gasteiger partial charge >= 0.3 is 0 Å². The van der Waals surface area contributed by atoms with Crippen molar-refractivity contribution in [2.75, 3.05) is 19.7 Å². The van der Waals surface area contributed by atoms with Crippen molar-refractivity contribution in [1.29, 1.82) is 0 Å². The Balaban J connectivity index is 3.98. The molecular formula is C7H10BrNO2. The number of amides is 1. The lowest BCUT2D eigenvalue weighted by atomic mass is 10.4. The van der Waals surface area contributed by atoms with E-state index in [-0.39, 0.29) is 12.5 Å². The van der Waals surface area contributed by atoms with Crippen LogP contribution in [0.25, 0.3) is 0 Å². The van der Waals surface area contributed by atoms with Crippen molar-refractivity contribution in [1.82, 2.24) is 4.90 Å². The topological polar surface area (TPSA) is 40.5 Å². The monoisotopic (exact) mass is 219 g/mol. The fourth-order valence-electron chi connectivity index (χ4n) is 0.643. The van der Waals surface area contributed by atoms with E-state index in [1.807, 2.05) is 6.92 Å². The van der Waals surface area contributed by atoms with Gasteiger partial charge in [0.1, 0.15) is 0 Å². The van der Waals surface area contributed by atoms with E-state index in [2.05, 4.69) is 26.7 Å². The number of aliphatic hydroxyl groups is 1. The SMILES string of the molecule is CCN(CCO)C(=O)C#CBr. The molecule has 0 aromatic carbocycles. The third kappa shape index (κ3) is 4.02. The zero-order valence-electron chi connectivity index (χ0n) is 6.30. The molecule has 0 rings (SSSR count). The van der Waals surface area contributed by atoms with E-state index in [9.17, 15) is 4.79 Å². The van der Waals surface area contributed by atoms with Crippen molar-refractivity contribution in [3.63, 3.8) is 0 Å². The van der Waals surface area contributed by atoms with E-state index in [0.717, 1.165) is 0 Å². The summed E-state index contributed by atoms with van der Waals surface area (Å²) in [5.74, 6) is 2.06. The van der Waals surface area contributed by atoms with Crippen LogP contribution in [0.3, 0.4) is 0 Å². The van der Waals surface area contributed by atoms with Crippen LogP contribution in [-0.4, -0.2) is 35.6 Å². The van der Waals surface area contributed by atoms with E-state index < -0.39 is 0 Å². The maximum Gasteiger partial charge on any atom is 0.299 e. The van der Waals surface area contributed by atoms with Crippen LogP contribution in [0.2, 0.25) is 0 Å². The van der Waals surface area contributed by atoms with E-state index in [4.69, 9.17) is 5.11 Å². The summed E-state index contributed by atoms with van der Waals surface area (Å²) in [4.78, 5) is 14.8. The predicted octanol–water partition coefficient (Wildman–Crippen LogP) is 0.183. The molecule has 3 nitrogen and oxygen atoms in total. The molecule has 0 aliphatic heterocycles. The molecule has 0 saturated heterocycles. The zero-order valence-corrected chi connectivity index (χ0v) is 7.89. The molecule has 0 aliphatic rings. The lowest BCUT2D eigenvalue weighted by Crippen LogP contribution is -2.32. The number of hydrogen-bond donors (Lipinski definition) is 1. The van der Waals surface area contributed by atoms with Gasteiger partial charge in [0.15, 0.2) is 0 Å². The van der Waals surface area contributed by atoms with Crippen LogP contribution in [0, 0.1) is 10.8 Å². The van der Waals surface area contributed by atoms with Gasteiger partial charge in [-0.25, -0.2) is 0 Å². The Morgan fingerprint density at radius 3 is 2.73 bits per heavy atom. The molecule has 0 atom stereocenters. The molecule has 62 valence electrons. The first-order valence-corrected chi connectivity index (χ1v) is 4.07. The lowest BCUT2D eigenvalue weighted by Gasteiger charge is -2.15. The van der Waals surface area contributed by atoms with Gasteiger partial charge in [0.25, 0.3) is 5.91 Å². The average molecular weight is 220 g/mol. The Labute approximate surface area is 74.5 Å². The second-order valence-electron chi connectivity index (χ2n) is 1.83. The summed E-state index contributed by atoms with van der Waals surface area (Å²) in [5, 5.41) is 8.53. The molecule has 0 aromatic heterocycles. The second kappa shape index (κ2) is 6.20. The van der Waals surface area contributed by atoms with Crippen LogP contribution in [0.1, 0.15) is 6.92 Å². The van der Waals surface area contributed by atoms with E-state index in [1.54, 1.807) is 0 Å². The maximum absolute atomic E-state index is 11.0. The molecule has 11 heavy (non-hydrogen) atoms. The van der Waals surface area contributed by atoms with Crippen LogP contribution in [-0.2, 0) is 4.79 Å². The minimum atomic E-state index is -0.265. The molecule has 0 radical (unpaired) electrons. The van der Waals surface area contributed by atoms with Gasteiger partial charge in [0, 0.05) is 34.9 Å². The molecule has 0 bridgehead atoms. The van der Waals surface area contributed by atoms with Gasteiger partial charge in [0.05, 0.1) is 6.61 Å². The smallest absolute Gasteiger partial charge is 0.299 e. The summed E-state index contributed by atoms with van der Waals surface area (Å²) >= 11 is 2.83. The Morgan fingerprint density at radius 1 is 1.73 bits per heavy atom. The van der Waals surface area contributed by atoms with Crippen LogP contribution in [0.4, 0.5) is 0 Å². The summed E-state index contributed by atoms with van der Waals surface area (Å²) in [5.41, 5.74) is 0. The highest BCUT2D eigenvalue weighted by Gasteiger charge is 2.06. The molecule has 0 heterocycles. The molecule has 0 unspecified atom stereocenters. The third-order valence-corrected chi connectivity index (χ3v) is 1.39. The van der Waals surface area contributed by atoms with Crippen molar-refractivity contribution >= 4 is 21.8 Å². The van der Waals surface area contributed by atoms with E-state index >= 15 is 0 Å². The fraction of sp³-hybridized carbons (Fsp3) is 0.571. The summed E-state index contributed by atoms with van der Waals surface area (Å²) in [7, 11) is 0. The second-order valence-corrected chi connectivity index (χ2v) is 2.22. The maximum atomic E-state index is 11.0. The van der Waals surface area contributed by atoms with Gasteiger partial charge in [-0.2, -0.15) is 0 Å². The average Bonchev–Trinajstić information content (AvgIpc) is 2.00. The molecule has 0 fully saturated rings. The molecule has 1 N–H and O–H groups in total. The predicted molar refractivity (Wildman–Crippen MR) is 46.0 cm³/mol. The highest BCUT2D eigenvalue weighted by Crippen LogP contribution is 1.87. The normalized spacial score (nSPS) is 8.27. The van der Waals surface area contributed by atoms with Crippen LogP contribution < -0.4 is 0 Å². The Bertz CT molecular complexity index is 183. The number of likely N-dealkylation sites (N-methyl/N-ethyl adjacent to an activating group) is 1. The molecule has 0 aromatic rings. The minimum Gasteiger partial charge on any atom is -0.395 e. The minimum absolute atomic E-state index is 0.0243. The number of hydrogen-bond acceptors (Lipinski definition) is 2. The first-order chi connectivity index (χ1) is 5.26. The van der Waals surface area contributed by atoms with E-state index in [0.29, 0.717) is 13.1 Å². The van der Waals surface area contributed by atoms with Crippen molar-refractivity contribution in [3.8, 4) is 10.8 Å². The first-order valence-electron chi connectivity index (χ1n) is 3.27. The summed E-state index contributed by atoms with van der Waals surface area (Å²) in [6.45, 7) is 2.73. The molecule has 4 heteroatoms. The van der Waals surface area contributed by atoms with Gasteiger partial charge in [-0.05, 0) is 11.8 Å². The number of carbonyl (C=O) groups excluding carboxylic acids is 1. The number of rotatable bonds is 3. The highest BCUT2D eigenvalue weighted by molar-refractivity contribution is 9.12. The molecular weight excluding hydrogens is 210 g/mol. The van der Waals surface area contributed by atoms with Gasteiger partial charge in [-0.15, -0.1) is 0 Å². The van der Waals surface area contributed by atoms with Crippen LogP contribution in [0.5, 0.6) is 0 Å². The van der Waals surface area contributed by atoms with Crippen molar-refractivity contribution in [2.24, 2.45) is 0 Å². The zero-order chi connectivity index (χ0) is 8.69. The van der Waals surface area contributed by atoms with Crippen LogP contribution in [0.15, 0.2) is 0 Å². The Kier molecular flexibility index (Phi) is 5.90. The molecule has 0 saturated carbocycles. The number of carbonyl (C=O) groups is 1. The molecule has 0 spiro atoms. The van der Waals surface area contributed by atoms with Crippen molar-refractivity contribution < 1.29 is 9.90 Å². The standard InChI is InChI=1S/C7H10BrNO2/c1-2-9(5-6-10)7(11)3-4-8/h10H,2,5-6H2,1H3. The van der Waals surface area contributed by atoms with Crippen molar-refractivity contribution in [3.05, 3.63) is 0 Å². The van der Waals surface area contributed by atoms with Crippen molar-refractivity contribution in [2.45, 2.75) is 6.92 Å². The van der Waals surface area contributed by atoms with Gasteiger partial charge < -0.3 is 10.0 Å². The largest absolute Gasteiger partial charge is 0.395 e. The number of halogens is 1. The van der Waals surface area contributed by atoms with Gasteiger partial charge in [0.2, 0.25) is 0 Å². The fourth-order valence-corrected chi connectivity index (χ4v) is 0.813. The Morgan fingerprint density at radius 2 is 2.36 bits per heavy atom. The molecule has 1 amide bonds. The Hall–Kier alpha value is -0.530. The summed E-state index contributed by atoms with van der Waals surface area (Å²) in [6, 6.07) is 0.